The first kappa shape index (κ1) is 29.1. The molecule has 11 nitrogen and oxygen atoms in total. The summed E-state index contributed by atoms with van der Waals surface area (Å²) in [7, 11) is 3.02. The quantitative estimate of drug-likeness (QED) is 0.230. The number of nitrogens with one attached hydrogen (secondary N) is 3. The van der Waals surface area contributed by atoms with Gasteiger partial charge in [-0.25, -0.2) is 14.2 Å². The number of methoxy groups -OCH3 is 2. The highest BCUT2D eigenvalue weighted by molar-refractivity contribution is 5.86. The Morgan fingerprint density at radius 3 is 2.31 bits per heavy atom. The van der Waals surface area contributed by atoms with E-state index in [1.807, 2.05) is 19.9 Å². The molecular formula is C27H36FN7O4. The predicted octanol–water partition coefficient (Wildman–Crippen LogP) is 5.90. The molecule has 1 aromatic heterocycles. The van der Waals surface area contributed by atoms with Gasteiger partial charge in [0.15, 0.2) is 11.6 Å². The van der Waals surface area contributed by atoms with Gasteiger partial charge in [-0.05, 0) is 58.9 Å². The van der Waals surface area contributed by atoms with E-state index in [0.717, 1.165) is 25.0 Å². The molecule has 1 amide bonds. The third-order valence-electron chi connectivity index (χ3n) is 5.54. The second kappa shape index (κ2) is 12.4. The van der Waals surface area contributed by atoms with Crippen LogP contribution >= 0.6 is 0 Å². The summed E-state index contributed by atoms with van der Waals surface area (Å²) in [6, 6.07) is 8.39. The van der Waals surface area contributed by atoms with Crippen molar-refractivity contribution in [3.05, 3.63) is 42.3 Å². The predicted molar refractivity (Wildman–Crippen MR) is 152 cm³/mol. The monoisotopic (exact) mass is 541 g/mol. The lowest BCUT2D eigenvalue weighted by atomic mass is 10.2. The highest BCUT2D eigenvalue weighted by atomic mass is 19.1. The van der Waals surface area contributed by atoms with Crippen molar-refractivity contribution >= 4 is 46.3 Å². The van der Waals surface area contributed by atoms with Crippen LogP contribution in [-0.2, 0) is 4.74 Å². The number of anilines is 7. The largest absolute Gasteiger partial charge is 0.495 e. The van der Waals surface area contributed by atoms with Crippen molar-refractivity contribution in [2.24, 2.45) is 0 Å². The van der Waals surface area contributed by atoms with E-state index in [2.05, 4.69) is 30.8 Å². The number of ether oxygens (including phenoxy) is 3. The lowest BCUT2D eigenvalue weighted by Crippen LogP contribution is -2.27. The Balaban J connectivity index is 1.88. The molecule has 5 N–H and O–H groups in total. The third-order valence-corrected chi connectivity index (χ3v) is 5.54. The van der Waals surface area contributed by atoms with Crippen LogP contribution in [0.5, 0.6) is 11.5 Å². The number of nitrogens with zero attached hydrogens (tertiary/aromatic N) is 3. The van der Waals surface area contributed by atoms with Crippen molar-refractivity contribution in [1.82, 2.24) is 9.97 Å². The number of benzene rings is 2. The van der Waals surface area contributed by atoms with Crippen LogP contribution in [0.1, 0.15) is 34.6 Å². The SMILES string of the molecule is CCN(CC)c1cc(OC)c(Nc2ncc(F)c(Nc3cc(NC(=O)OC(C)(C)C)ccc3OC)n2)cc1N. The Labute approximate surface area is 227 Å². The summed E-state index contributed by atoms with van der Waals surface area (Å²) in [6.45, 7) is 10.9. The molecule has 0 spiro atoms. The molecule has 0 saturated heterocycles. The smallest absolute Gasteiger partial charge is 0.412 e. The standard InChI is InChI=1S/C27H36FN7O4/c1-8-35(9-2)21-14-23(38-7)20(13-18(21)29)33-25-30-15-17(28)24(34-25)32-19-12-16(10-11-22(19)37-6)31-26(36)39-27(3,4)5/h10-15H,8-9,29H2,1-7H3,(H,31,36)(H2,30,32,33,34). The Morgan fingerprint density at radius 1 is 1.03 bits per heavy atom. The highest BCUT2D eigenvalue weighted by Gasteiger charge is 2.18. The molecule has 3 rings (SSSR count). The van der Waals surface area contributed by atoms with E-state index in [0.29, 0.717) is 34.2 Å². The molecular weight excluding hydrogens is 505 g/mol. The van der Waals surface area contributed by atoms with E-state index in [4.69, 9.17) is 19.9 Å². The Morgan fingerprint density at radius 2 is 1.69 bits per heavy atom. The van der Waals surface area contributed by atoms with Gasteiger partial charge in [0.1, 0.15) is 17.1 Å². The second-order valence-electron chi connectivity index (χ2n) is 9.47. The van der Waals surface area contributed by atoms with Crippen LogP contribution in [0, 0.1) is 5.82 Å². The average molecular weight is 542 g/mol. The molecule has 0 atom stereocenters. The minimum Gasteiger partial charge on any atom is -0.495 e. The first-order chi connectivity index (χ1) is 18.5. The number of hydrogen-bond donors (Lipinski definition) is 4. The molecule has 0 saturated carbocycles. The normalized spacial score (nSPS) is 11.0. The van der Waals surface area contributed by atoms with Crippen molar-refractivity contribution in [2.75, 3.05) is 53.9 Å². The molecule has 0 aliphatic heterocycles. The zero-order valence-corrected chi connectivity index (χ0v) is 23.3. The van der Waals surface area contributed by atoms with Crippen molar-refractivity contribution < 1.29 is 23.4 Å². The van der Waals surface area contributed by atoms with Gasteiger partial charge < -0.3 is 35.5 Å². The summed E-state index contributed by atoms with van der Waals surface area (Å²) in [5.74, 6) is 0.215. The van der Waals surface area contributed by atoms with Gasteiger partial charge in [-0.1, -0.05) is 0 Å². The molecule has 1 heterocycles. The lowest BCUT2D eigenvalue weighted by Gasteiger charge is -2.24. The van der Waals surface area contributed by atoms with E-state index in [-0.39, 0.29) is 11.8 Å². The molecule has 0 unspecified atom stereocenters. The van der Waals surface area contributed by atoms with Gasteiger partial charge in [0.05, 0.1) is 43.2 Å². The molecule has 3 aromatic rings. The van der Waals surface area contributed by atoms with E-state index >= 15 is 0 Å². The van der Waals surface area contributed by atoms with Gasteiger partial charge in [-0.3, -0.25) is 5.32 Å². The summed E-state index contributed by atoms with van der Waals surface area (Å²) in [5, 5.41) is 8.61. The van der Waals surface area contributed by atoms with Gasteiger partial charge in [-0.15, -0.1) is 0 Å². The maximum Gasteiger partial charge on any atom is 0.412 e. The number of nitrogens with two attached hydrogens (primary N) is 1. The van der Waals surface area contributed by atoms with Crippen molar-refractivity contribution in [1.29, 1.82) is 0 Å². The van der Waals surface area contributed by atoms with Crippen LogP contribution in [0.3, 0.4) is 0 Å². The zero-order chi connectivity index (χ0) is 28.7. The van der Waals surface area contributed by atoms with Crippen LogP contribution in [0.15, 0.2) is 36.5 Å². The lowest BCUT2D eigenvalue weighted by molar-refractivity contribution is 0.0636. The van der Waals surface area contributed by atoms with Gasteiger partial charge in [0.2, 0.25) is 5.95 Å². The summed E-state index contributed by atoms with van der Waals surface area (Å²) >= 11 is 0. The first-order valence-electron chi connectivity index (χ1n) is 12.4. The topological polar surface area (TPSA) is 136 Å². The zero-order valence-electron chi connectivity index (χ0n) is 23.3. The fraction of sp³-hybridized carbons (Fsp3) is 0.370. The Bertz CT molecular complexity index is 1310. The van der Waals surface area contributed by atoms with Gasteiger partial charge in [-0.2, -0.15) is 4.98 Å². The number of halogens is 1. The Kier molecular flexibility index (Phi) is 9.23. The summed E-state index contributed by atoms with van der Waals surface area (Å²) in [6.07, 6.45) is 0.408. The second-order valence-corrected chi connectivity index (χ2v) is 9.47. The van der Waals surface area contributed by atoms with Crippen LogP contribution in [-0.4, -0.2) is 49.0 Å². The molecule has 12 heteroatoms. The van der Waals surface area contributed by atoms with Crippen molar-refractivity contribution in [3.8, 4) is 11.5 Å². The van der Waals surface area contributed by atoms with Crippen LogP contribution in [0.25, 0.3) is 0 Å². The van der Waals surface area contributed by atoms with E-state index < -0.39 is 17.5 Å². The average Bonchev–Trinajstić information content (AvgIpc) is 2.87. The third kappa shape index (κ3) is 7.53. The fourth-order valence-electron chi connectivity index (χ4n) is 3.76. The van der Waals surface area contributed by atoms with Gasteiger partial charge in [0.25, 0.3) is 0 Å². The maximum absolute atomic E-state index is 14.8. The highest BCUT2D eigenvalue weighted by Crippen LogP contribution is 2.37. The number of nitrogen functional groups attached to an aromatic ring is 1. The Hall–Kier alpha value is -4.48. The molecule has 0 bridgehead atoms. The number of hydrogen-bond acceptors (Lipinski definition) is 10. The van der Waals surface area contributed by atoms with Crippen LogP contribution < -0.4 is 36.1 Å². The molecule has 39 heavy (non-hydrogen) atoms. The summed E-state index contributed by atoms with van der Waals surface area (Å²) in [4.78, 5) is 22.7. The number of amides is 1. The summed E-state index contributed by atoms with van der Waals surface area (Å²) in [5.41, 5.74) is 8.33. The molecule has 210 valence electrons. The fourth-order valence-corrected chi connectivity index (χ4v) is 3.76. The van der Waals surface area contributed by atoms with E-state index in [1.54, 1.807) is 52.1 Å². The van der Waals surface area contributed by atoms with E-state index in [1.165, 1.54) is 7.11 Å². The molecule has 0 aliphatic rings. The maximum atomic E-state index is 14.8. The first-order valence-corrected chi connectivity index (χ1v) is 12.4. The molecule has 0 radical (unpaired) electrons. The molecule has 0 fully saturated rings. The number of carbonyl (C=O) groups is 1. The van der Waals surface area contributed by atoms with Gasteiger partial charge in [0, 0.05) is 24.8 Å². The van der Waals surface area contributed by atoms with Crippen LogP contribution in [0.2, 0.25) is 0 Å². The molecule has 2 aromatic carbocycles. The van der Waals surface area contributed by atoms with E-state index in [9.17, 15) is 9.18 Å². The minimum atomic E-state index is -0.698. The van der Waals surface area contributed by atoms with Crippen LogP contribution in [0.4, 0.5) is 49.4 Å². The van der Waals surface area contributed by atoms with Crippen molar-refractivity contribution in [2.45, 2.75) is 40.2 Å². The van der Waals surface area contributed by atoms with Gasteiger partial charge >= 0.3 is 6.09 Å². The molecule has 0 aliphatic carbocycles. The number of carbonyl (C=O) groups excluding carboxylic acids is 1. The van der Waals surface area contributed by atoms with Crippen molar-refractivity contribution in [3.63, 3.8) is 0 Å². The minimum absolute atomic E-state index is 0.106. The number of aromatic nitrogens is 2. The summed E-state index contributed by atoms with van der Waals surface area (Å²) < 4.78 is 31.0. The number of rotatable bonds is 10.